The molecule has 0 atom stereocenters. The van der Waals surface area contributed by atoms with Crippen molar-refractivity contribution in [2.45, 2.75) is 18.8 Å². The van der Waals surface area contributed by atoms with Crippen molar-refractivity contribution in [3.63, 3.8) is 0 Å². The second-order valence-corrected chi connectivity index (χ2v) is 7.10. The molecule has 0 aromatic heterocycles. The average molecular weight is 432 g/mol. The Bertz CT molecular complexity index is 950. The van der Waals surface area contributed by atoms with E-state index < -0.39 is 37.0 Å². The van der Waals surface area contributed by atoms with Gasteiger partial charge in [-0.15, -0.1) is 0 Å². The summed E-state index contributed by atoms with van der Waals surface area (Å²) in [5.74, 6) is -7.27. The predicted molar refractivity (Wildman–Crippen MR) is 108 cm³/mol. The van der Waals surface area contributed by atoms with Gasteiger partial charge in [-0.05, 0) is 29.2 Å². The van der Waals surface area contributed by atoms with Crippen LogP contribution in [0.4, 0.5) is 13.6 Å². The van der Waals surface area contributed by atoms with Crippen LogP contribution in [0, 0.1) is 0 Å². The van der Waals surface area contributed by atoms with Gasteiger partial charge in [0, 0.05) is 12.5 Å². The number of amides is 2. The van der Waals surface area contributed by atoms with Crippen molar-refractivity contribution >= 4 is 18.0 Å². The molecule has 0 fully saturated rings. The highest BCUT2D eigenvalue weighted by Crippen LogP contribution is 2.44. The molecule has 0 bridgehead atoms. The fourth-order valence-electron chi connectivity index (χ4n) is 3.63. The van der Waals surface area contributed by atoms with E-state index in [2.05, 4.69) is 0 Å². The van der Waals surface area contributed by atoms with Gasteiger partial charge >= 0.3 is 18.0 Å². The minimum atomic E-state index is -3.96. The lowest BCUT2D eigenvalue weighted by Gasteiger charge is -2.24. The van der Waals surface area contributed by atoms with Crippen LogP contribution >= 0.6 is 0 Å². The van der Waals surface area contributed by atoms with Crippen molar-refractivity contribution in [2.24, 2.45) is 0 Å². The van der Waals surface area contributed by atoms with E-state index in [1.54, 1.807) is 0 Å². The molecule has 2 aromatic rings. The number of alkyl carbamates (subject to hydrolysis) is 1. The van der Waals surface area contributed by atoms with Gasteiger partial charge in [0.1, 0.15) is 13.2 Å². The molecule has 2 amide bonds. The first-order chi connectivity index (χ1) is 14.7. The van der Waals surface area contributed by atoms with Crippen LogP contribution in [0.2, 0.25) is 0 Å². The highest BCUT2D eigenvalue weighted by atomic mass is 19.3. The van der Waals surface area contributed by atoms with E-state index in [-0.39, 0.29) is 19.1 Å². The lowest BCUT2D eigenvalue weighted by atomic mass is 9.98. The van der Waals surface area contributed by atoms with Crippen molar-refractivity contribution in [3.8, 4) is 11.1 Å². The summed E-state index contributed by atoms with van der Waals surface area (Å²) < 4.78 is 33.5. The summed E-state index contributed by atoms with van der Waals surface area (Å²) in [5.41, 5.74) is 4.01. The molecule has 164 valence electrons. The van der Waals surface area contributed by atoms with Crippen LogP contribution in [-0.2, 0) is 14.3 Å². The molecule has 0 radical (unpaired) electrons. The predicted octanol–water partition coefficient (Wildman–Crippen LogP) is 3.09. The van der Waals surface area contributed by atoms with E-state index in [4.69, 9.17) is 9.84 Å². The topological polar surface area (TPSA) is 95.9 Å². The molecule has 0 heterocycles. The molecule has 7 nitrogen and oxygen atoms in total. The van der Waals surface area contributed by atoms with E-state index in [9.17, 15) is 23.2 Å². The largest absolute Gasteiger partial charge is 0.480 e. The van der Waals surface area contributed by atoms with E-state index in [0.717, 1.165) is 22.3 Å². The van der Waals surface area contributed by atoms with Gasteiger partial charge in [0.05, 0.1) is 6.54 Å². The molecule has 0 spiro atoms. The van der Waals surface area contributed by atoms with Gasteiger partial charge in [-0.1, -0.05) is 48.5 Å². The molecule has 1 aliphatic carbocycles. The third kappa shape index (κ3) is 4.82. The van der Waals surface area contributed by atoms with Crippen LogP contribution in [-0.4, -0.2) is 60.1 Å². The van der Waals surface area contributed by atoms with Gasteiger partial charge in [-0.3, -0.25) is 9.59 Å². The number of hydrogen-bond donors (Lipinski definition) is 2. The minimum Gasteiger partial charge on any atom is -0.480 e. The third-order valence-corrected chi connectivity index (χ3v) is 5.11. The monoisotopic (exact) mass is 432 g/mol. The van der Waals surface area contributed by atoms with Gasteiger partial charge in [0.2, 0.25) is 0 Å². The maximum Gasteiger partial charge on any atom is 0.407 e. The summed E-state index contributed by atoms with van der Waals surface area (Å²) in [4.78, 5) is 35.2. The lowest BCUT2D eigenvalue weighted by Crippen LogP contribution is -2.51. The number of carbonyl (C=O) groups excluding carboxylic acids is 2. The van der Waals surface area contributed by atoms with Gasteiger partial charge in [0.15, 0.2) is 0 Å². The molecule has 2 aromatic carbocycles. The quantitative estimate of drug-likeness (QED) is 0.668. The Balaban J connectivity index is 1.59. The molecule has 1 aliphatic rings. The highest BCUT2D eigenvalue weighted by molar-refractivity contribution is 5.87. The summed E-state index contributed by atoms with van der Waals surface area (Å²) in [6.45, 7) is -1.02. The number of alkyl halides is 2. The molecule has 2 N–H and O–H groups in total. The summed E-state index contributed by atoms with van der Waals surface area (Å²) in [5, 5.41) is 10.6. The van der Waals surface area contributed by atoms with E-state index in [0.29, 0.717) is 4.90 Å². The molecule has 0 aliphatic heterocycles. The number of ether oxygens (including phenoxy) is 1. The van der Waals surface area contributed by atoms with Crippen molar-refractivity contribution in [3.05, 3.63) is 59.7 Å². The summed E-state index contributed by atoms with van der Waals surface area (Å²) in [6.07, 6.45) is -1.09. The Labute approximate surface area is 177 Å². The van der Waals surface area contributed by atoms with Crippen LogP contribution in [0.25, 0.3) is 11.1 Å². The van der Waals surface area contributed by atoms with Crippen molar-refractivity contribution in [1.29, 1.82) is 0 Å². The Morgan fingerprint density at radius 1 is 1.06 bits per heavy atom. The number of hydrogen-bond acceptors (Lipinski definition) is 4. The number of rotatable bonds is 8. The number of nitrogens with zero attached hydrogens (tertiary/aromatic N) is 1. The van der Waals surface area contributed by atoms with Crippen molar-refractivity contribution < 1.29 is 33.0 Å². The maximum atomic E-state index is 14.1. The number of fused-ring (bicyclic) bond motifs is 3. The first-order valence-corrected chi connectivity index (χ1v) is 9.72. The highest BCUT2D eigenvalue weighted by Gasteiger charge is 2.42. The first-order valence-electron chi connectivity index (χ1n) is 9.72. The van der Waals surface area contributed by atoms with Crippen LogP contribution in [0.3, 0.4) is 0 Å². The zero-order chi connectivity index (χ0) is 22.6. The molecule has 0 saturated carbocycles. The lowest BCUT2D eigenvalue weighted by molar-refractivity contribution is -0.160. The number of benzene rings is 2. The van der Waals surface area contributed by atoms with Crippen molar-refractivity contribution in [1.82, 2.24) is 10.2 Å². The van der Waals surface area contributed by atoms with E-state index >= 15 is 0 Å². The number of carboxylic acid groups (broad SMARTS) is 1. The Kier molecular flexibility index (Phi) is 6.53. The zero-order valence-corrected chi connectivity index (χ0v) is 16.8. The number of likely N-dealkylation sites (N-methyl/N-ethyl adjacent to an activating group) is 1. The molecule has 31 heavy (non-hydrogen) atoms. The van der Waals surface area contributed by atoms with Crippen LogP contribution in [0.15, 0.2) is 48.5 Å². The third-order valence-electron chi connectivity index (χ3n) is 5.11. The molecule has 0 saturated heterocycles. The number of carboxylic acids is 1. The molecular formula is C22H22F2N2O5. The number of nitrogens with one attached hydrogen (secondary N) is 1. The molecule has 3 rings (SSSR count). The average Bonchev–Trinajstić information content (AvgIpc) is 3.08. The van der Waals surface area contributed by atoms with Crippen LogP contribution in [0.1, 0.15) is 24.0 Å². The molecular weight excluding hydrogens is 410 g/mol. The van der Waals surface area contributed by atoms with Gasteiger partial charge < -0.3 is 20.1 Å². The van der Waals surface area contributed by atoms with Gasteiger partial charge in [-0.2, -0.15) is 8.78 Å². The second kappa shape index (κ2) is 9.11. The Hall–Kier alpha value is -3.49. The number of aliphatic carboxylic acids is 1. The maximum absolute atomic E-state index is 14.1. The number of carbonyl (C=O) groups is 3. The van der Waals surface area contributed by atoms with Crippen LogP contribution in [0.5, 0.6) is 0 Å². The van der Waals surface area contributed by atoms with Gasteiger partial charge in [-0.25, -0.2) is 4.79 Å². The smallest absolute Gasteiger partial charge is 0.407 e. The van der Waals surface area contributed by atoms with Gasteiger partial charge in [0.25, 0.3) is 5.91 Å². The Morgan fingerprint density at radius 2 is 1.61 bits per heavy atom. The van der Waals surface area contributed by atoms with Crippen LogP contribution < -0.4 is 5.32 Å². The molecule has 0 unspecified atom stereocenters. The zero-order valence-electron chi connectivity index (χ0n) is 16.8. The van der Waals surface area contributed by atoms with Crippen molar-refractivity contribution in [2.75, 3.05) is 26.2 Å². The standard InChI is InChI=1S/C22H22F2N2O5/c1-2-26(11-19(27)28)20(29)22(23,24)13-25-21(30)31-12-18-16-9-5-3-7-14(16)15-8-4-6-10-17(15)18/h3-10,18H,2,11-13H2,1H3,(H,25,30)(H,27,28). The Morgan fingerprint density at radius 3 is 2.13 bits per heavy atom. The van der Waals surface area contributed by atoms with E-state index in [1.807, 2.05) is 53.8 Å². The fraction of sp³-hybridized carbons (Fsp3) is 0.318. The second-order valence-electron chi connectivity index (χ2n) is 7.10. The minimum absolute atomic E-state index is 0.0561. The number of halogens is 2. The fourth-order valence-corrected chi connectivity index (χ4v) is 3.63. The summed E-state index contributed by atoms with van der Waals surface area (Å²) >= 11 is 0. The SMILES string of the molecule is CCN(CC(=O)O)C(=O)C(F)(F)CNC(=O)OCC1c2ccccc2-c2ccccc21. The van der Waals surface area contributed by atoms with E-state index in [1.165, 1.54) is 6.92 Å². The summed E-state index contributed by atoms with van der Waals surface area (Å²) in [6, 6.07) is 15.4. The normalized spacial score (nSPS) is 12.6. The summed E-state index contributed by atoms with van der Waals surface area (Å²) in [7, 11) is 0. The first kappa shape index (κ1) is 22.2. The molecule has 9 heteroatoms.